The number of oxazole rings is 1. The van der Waals surface area contributed by atoms with E-state index in [0.717, 1.165) is 47.0 Å². The Kier molecular flexibility index (Phi) is 11.2. The number of carbonyl (C=O) groups excluding carboxylic acids is 1. The fraction of sp³-hybridized carbons (Fsp3) is 0.500. The van der Waals surface area contributed by atoms with Crippen molar-refractivity contribution in [1.82, 2.24) is 15.4 Å². The second kappa shape index (κ2) is 14.4. The third-order valence-corrected chi connectivity index (χ3v) is 7.56. The van der Waals surface area contributed by atoms with Crippen molar-refractivity contribution < 1.29 is 24.3 Å². The van der Waals surface area contributed by atoms with Crippen molar-refractivity contribution in [2.75, 3.05) is 11.9 Å². The van der Waals surface area contributed by atoms with E-state index in [-0.39, 0.29) is 11.3 Å². The number of ether oxygens (including phenoxy) is 1. The summed E-state index contributed by atoms with van der Waals surface area (Å²) in [5.74, 6) is 2.62. The smallest absolute Gasteiger partial charge is 0.243 e. The van der Waals surface area contributed by atoms with Gasteiger partial charge in [-0.05, 0) is 30.5 Å². The normalized spacial score (nSPS) is 12.4. The van der Waals surface area contributed by atoms with Crippen molar-refractivity contribution in [1.29, 1.82) is 0 Å². The zero-order chi connectivity index (χ0) is 26.7. The molecule has 0 aliphatic heterocycles. The molecule has 0 aliphatic rings. The lowest BCUT2D eigenvalue weighted by molar-refractivity contribution is -0.129. The number of rotatable bonds is 15. The summed E-state index contributed by atoms with van der Waals surface area (Å²) < 4.78 is 12.6. The van der Waals surface area contributed by atoms with Crippen LogP contribution in [0.3, 0.4) is 0 Å². The van der Waals surface area contributed by atoms with E-state index in [1.807, 2.05) is 24.3 Å². The van der Waals surface area contributed by atoms with Crippen LogP contribution < -0.4 is 15.5 Å². The van der Waals surface area contributed by atoms with Crippen molar-refractivity contribution in [3.05, 3.63) is 53.9 Å². The van der Waals surface area contributed by atoms with E-state index in [1.165, 1.54) is 11.3 Å². The van der Waals surface area contributed by atoms with Gasteiger partial charge in [0.15, 0.2) is 5.13 Å². The second-order valence-corrected chi connectivity index (χ2v) is 12.0. The molecule has 2 aromatic heterocycles. The maximum absolute atomic E-state index is 11.0. The third-order valence-electron chi connectivity index (χ3n) is 5.45. The highest BCUT2D eigenvalue weighted by atomic mass is 32.2. The van der Waals surface area contributed by atoms with E-state index < -0.39 is 6.23 Å². The van der Waals surface area contributed by atoms with Crippen LogP contribution in [0.25, 0.3) is 0 Å². The van der Waals surface area contributed by atoms with E-state index >= 15 is 0 Å². The quantitative estimate of drug-likeness (QED) is 0.0637. The van der Waals surface area contributed by atoms with E-state index in [2.05, 4.69) is 36.1 Å². The molecule has 0 bridgehead atoms. The largest absolute Gasteiger partial charge is 0.494 e. The number of aliphatic hydroxyl groups excluding tert-OH is 1. The first kappa shape index (κ1) is 29.0. The molecule has 0 saturated carbocycles. The highest BCUT2D eigenvalue weighted by Gasteiger charge is 2.19. The van der Waals surface area contributed by atoms with Crippen LogP contribution in [0.4, 0.5) is 5.13 Å². The number of thioether (sulfide) groups is 1. The predicted octanol–water partition coefficient (Wildman–Crippen LogP) is 5.53. The minimum absolute atomic E-state index is 0.0644. The number of benzene rings is 1. The monoisotopic (exact) mass is 548 g/mol. The fourth-order valence-corrected chi connectivity index (χ4v) is 5.15. The van der Waals surface area contributed by atoms with Crippen LogP contribution in [0.15, 0.2) is 45.3 Å². The first-order valence-electron chi connectivity index (χ1n) is 12.4. The first-order chi connectivity index (χ1) is 17.7. The maximum atomic E-state index is 11.0. The van der Waals surface area contributed by atoms with Crippen LogP contribution in [0.5, 0.6) is 5.75 Å². The van der Waals surface area contributed by atoms with E-state index in [4.69, 9.17) is 14.4 Å². The minimum Gasteiger partial charge on any atom is -0.494 e. The predicted molar refractivity (Wildman–Crippen MR) is 145 cm³/mol. The molecule has 11 heteroatoms. The van der Waals surface area contributed by atoms with Gasteiger partial charge in [-0.1, -0.05) is 57.1 Å². The van der Waals surface area contributed by atoms with Gasteiger partial charge in [0, 0.05) is 18.3 Å². The number of carbonyl (C=O) groups is 1. The Bertz CT molecular complexity index is 1100. The third kappa shape index (κ3) is 10.4. The van der Waals surface area contributed by atoms with Crippen LogP contribution in [-0.4, -0.2) is 39.0 Å². The number of hydrogen-bond acceptors (Lipinski definition) is 10. The van der Waals surface area contributed by atoms with Crippen molar-refractivity contribution >= 4 is 34.1 Å². The van der Waals surface area contributed by atoms with Crippen LogP contribution in [0, 0.1) is 0 Å². The van der Waals surface area contributed by atoms with Gasteiger partial charge in [-0.2, -0.15) is 0 Å². The van der Waals surface area contributed by atoms with Gasteiger partial charge in [0.2, 0.25) is 11.8 Å². The molecule has 1 atom stereocenters. The Balaban J connectivity index is 1.34. The Morgan fingerprint density at radius 1 is 1.14 bits per heavy atom. The summed E-state index contributed by atoms with van der Waals surface area (Å²) in [6, 6.07) is 7.69. The van der Waals surface area contributed by atoms with Crippen molar-refractivity contribution in [3.8, 4) is 5.75 Å². The molecular formula is C26H36N4O5S2. The second-order valence-electron chi connectivity index (χ2n) is 9.70. The first-order valence-corrected chi connectivity index (χ1v) is 14.2. The number of aromatic nitrogens is 2. The number of hydroxylamine groups is 1. The molecule has 0 aliphatic carbocycles. The van der Waals surface area contributed by atoms with Crippen LogP contribution >= 0.6 is 23.1 Å². The molecule has 3 rings (SSSR count). The lowest BCUT2D eigenvalue weighted by Crippen LogP contribution is -2.21. The summed E-state index contributed by atoms with van der Waals surface area (Å²) >= 11 is 3.09. The molecule has 37 heavy (non-hydrogen) atoms. The molecule has 9 nitrogen and oxygen atoms in total. The standard InChI is InChI=1S/C26H36N4O5S2/c1-26(2,3)20-15-27-23(35-20)17-36-24-16-28-25(37-24)29-22(32)14-18-9-11-19(12-10-18)34-13-7-5-4-6-8-21(31)30-33/h9-12,15-16,22,32-33H,4-8,13-14,17H2,1-3H3,(H,28,29)(H,30,31). The summed E-state index contributed by atoms with van der Waals surface area (Å²) in [5.41, 5.74) is 2.56. The topological polar surface area (TPSA) is 130 Å². The Hall–Kier alpha value is -2.60. The average Bonchev–Trinajstić information content (AvgIpc) is 3.52. The average molecular weight is 549 g/mol. The molecule has 0 saturated heterocycles. The summed E-state index contributed by atoms with van der Waals surface area (Å²) in [4.78, 5) is 19.7. The summed E-state index contributed by atoms with van der Waals surface area (Å²) in [5, 5.41) is 22.6. The van der Waals surface area contributed by atoms with Gasteiger partial charge in [0.05, 0.1) is 29.0 Å². The molecule has 1 aromatic carbocycles. The van der Waals surface area contributed by atoms with E-state index in [9.17, 15) is 9.90 Å². The number of hydrogen-bond donors (Lipinski definition) is 4. The fourth-order valence-electron chi connectivity index (χ4n) is 3.38. The molecule has 0 fully saturated rings. The Labute approximate surface area is 226 Å². The number of anilines is 1. The van der Waals surface area contributed by atoms with Crippen molar-refractivity contribution in [3.63, 3.8) is 0 Å². The van der Waals surface area contributed by atoms with Gasteiger partial charge in [-0.15, -0.1) is 11.8 Å². The number of thiazole rings is 1. The molecule has 3 aromatic rings. The number of unbranched alkanes of at least 4 members (excludes halogenated alkanes) is 3. The maximum Gasteiger partial charge on any atom is 0.243 e. The SMILES string of the molecule is CC(C)(C)c1cnc(CSc2cnc(NC(O)Cc3ccc(OCCCCCCC(=O)NO)cc3)s2)o1. The zero-order valence-corrected chi connectivity index (χ0v) is 23.2. The molecule has 1 unspecified atom stereocenters. The van der Waals surface area contributed by atoms with Gasteiger partial charge in [0.1, 0.15) is 17.7 Å². The Morgan fingerprint density at radius 2 is 1.89 bits per heavy atom. The lowest BCUT2D eigenvalue weighted by atomic mass is 9.94. The highest BCUT2D eigenvalue weighted by molar-refractivity contribution is 8.00. The molecule has 2 heterocycles. The van der Waals surface area contributed by atoms with Crippen LogP contribution in [0.2, 0.25) is 0 Å². The molecule has 0 radical (unpaired) electrons. The van der Waals surface area contributed by atoms with Gasteiger partial charge >= 0.3 is 0 Å². The molecule has 1 amide bonds. The summed E-state index contributed by atoms with van der Waals surface area (Å²) in [6.45, 7) is 6.89. The number of nitrogens with zero attached hydrogens (tertiary/aromatic N) is 2. The Morgan fingerprint density at radius 3 is 2.59 bits per heavy atom. The van der Waals surface area contributed by atoms with Crippen molar-refractivity contribution in [2.24, 2.45) is 0 Å². The van der Waals surface area contributed by atoms with Gasteiger partial charge in [-0.3, -0.25) is 10.0 Å². The molecular weight excluding hydrogens is 512 g/mol. The number of amides is 1. The van der Waals surface area contributed by atoms with E-state index in [0.29, 0.717) is 36.2 Å². The number of aliphatic hydroxyl groups is 1. The van der Waals surface area contributed by atoms with Crippen molar-refractivity contribution in [2.45, 2.75) is 80.9 Å². The lowest BCUT2D eigenvalue weighted by Gasteiger charge is -2.13. The van der Waals surface area contributed by atoms with Crippen LogP contribution in [0.1, 0.15) is 70.1 Å². The zero-order valence-electron chi connectivity index (χ0n) is 21.5. The van der Waals surface area contributed by atoms with E-state index in [1.54, 1.807) is 29.6 Å². The van der Waals surface area contributed by atoms with Gasteiger partial charge in [-0.25, -0.2) is 15.4 Å². The summed E-state index contributed by atoms with van der Waals surface area (Å²) in [6.07, 6.45) is 7.12. The molecule has 0 spiro atoms. The van der Waals surface area contributed by atoms with Gasteiger partial charge < -0.3 is 19.6 Å². The highest BCUT2D eigenvalue weighted by Crippen LogP contribution is 2.32. The molecule has 202 valence electrons. The summed E-state index contributed by atoms with van der Waals surface area (Å²) in [7, 11) is 0. The van der Waals surface area contributed by atoms with Gasteiger partial charge in [0.25, 0.3) is 0 Å². The minimum atomic E-state index is -0.759. The van der Waals surface area contributed by atoms with Crippen LogP contribution in [-0.2, 0) is 22.4 Å². The number of nitrogens with one attached hydrogen (secondary N) is 2. The molecule has 4 N–H and O–H groups in total.